The van der Waals surface area contributed by atoms with Crippen molar-refractivity contribution in [2.75, 3.05) is 6.54 Å². The van der Waals surface area contributed by atoms with Crippen molar-refractivity contribution in [2.24, 2.45) is 5.92 Å². The third-order valence-corrected chi connectivity index (χ3v) is 3.05. The van der Waals surface area contributed by atoms with Gasteiger partial charge in [0.2, 0.25) is 0 Å². The molecule has 0 radical (unpaired) electrons. The molecular formula is C12H17ClN2O2. The van der Waals surface area contributed by atoms with Crippen LogP contribution in [0, 0.1) is 5.92 Å². The summed E-state index contributed by atoms with van der Waals surface area (Å²) in [6, 6.07) is 3.06. The van der Waals surface area contributed by atoms with Gasteiger partial charge in [-0.1, -0.05) is 25.4 Å². The van der Waals surface area contributed by atoms with E-state index in [4.69, 9.17) is 11.6 Å². The minimum atomic E-state index is -0.924. The van der Waals surface area contributed by atoms with Crippen molar-refractivity contribution in [3.63, 3.8) is 0 Å². The van der Waals surface area contributed by atoms with Crippen molar-refractivity contribution in [3.05, 3.63) is 29.0 Å². The molecular weight excluding hydrogens is 240 g/mol. The van der Waals surface area contributed by atoms with Crippen molar-refractivity contribution in [1.82, 2.24) is 10.3 Å². The van der Waals surface area contributed by atoms with Gasteiger partial charge in [0, 0.05) is 18.3 Å². The Morgan fingerprint density at radius 1 is 1.65 bits per heavy atom. The van der Waals surface area contributed by atoms with Crippen molar-refractivity contribution < 1.29 is 9.90 Å². The average molecular weight is 257 g/mol. The maximum atomic E-state index is 11.8. The van der Waals surface area contributed by atoms with Crippen LogP contribution in [0.3, 0.4) is 0 Å². The molecule has 0 spiro atoms. The normalized spacial score (nSPS) is 14.5. The van der Waals surface area contributed by atoms with Crippen LogP contribution in [0.15, 0.2) is 18.3 Å². The summed E-state index contributed by atoms with van der Waals surface area (Å²) < 4.78 is 0. The Kier molecular flexibility index (Phi) is 4.48. The number of halogens is 1. The van der Waals surface area contributed by atoms with Gasteiger partial charge in [-0.05, 0) is 25.0 Å². The van der Waals surface area contributed by atoms with Gasteiger partial charge in [0.1, 0.15) is 5.15 Å². The minimum Gasteiger partial charge on any atom is -0.388 e. The first-order valence-electron chi connectivity index (χ1n) is 5.45. The highest BCUT2D eigenvalue weighted by Crippen LogP contribution is 2.15. The molecule has 4 nitrogen and oxygen atoms in total. The Morgan fingerprint density at radius 2 is 2.29 bits per heavy atom. The van der Waals surface area contributed by atoms with Crippen molar-refractivity contribution in [3.8, 4) is 0 Å². The number of aliphatic hydroxyl groups is 1. The number of nitrogens with one attached hydrogen (secondary N) is 1. The molecule has 0 aromatic carbocycles. The highest BCUT2D eigenvalue weighted by Gasteiger charge is 2.25. The largest absolute Gasteiger partial charge is 0.388 e. The monoisotopic (exact) mass is 256 g/mol. The SMILES string of the molecule is CC(C)C(C)(O)CNC(=O)c1ccnc(Cl)c1. The second-order valence-electron chi connectivity index (χ2n) is 4.56. The summed E-state index contributed by atoms with van der Waals surface area (Å²) in [7, 11) is 0. The summed E-state index contributed by atoms with van der Waals surface area (Å²) >= 11 is 5.69. The third kappa shape index (κ3) is 3.98. The van der Waals surface area contributed by atoms with Gasteiger partial charge in [-0.3, -0.25) is 4.79 Å². The molecule has 1 atom stereocenters. The molecule has 94 valence electrons. The number of amides is 1. The van der Waals surface area contributed by atoms with Gasteiger partial charge in [-0.15, -0.1) is 0 Å². The Labute approximate surface area is 106 Å². The molecule has 17 heavy (non-hydrogen) atoms. The van der Waals surface area contributed by atoms with E-state index in [-0.39, 0.29) is 23.5 Å². The van der Waals surface area contributed by atoms with Gasteiger partial charge in [0.25, 0.3) is 5.91 Å². The molecule has 1 aromatic heterocycles. The van der Waals surface area contributed by atoms with E-state index in [9.17, 15) is 9.90 Å². The zero-order valence-corrected chi connectivity index (χ0v) is 11.0. The predicted molar refractivity (Wildman–Crippen MR) is 67.0 cm³/mol. The van der Waals surface area contributed by atoms with E-state index in [1.165, 1.54) is 12.3 Å². The quantitative estimate of drug-likeness (QED) is 0.809. The summed E-state index contributed by atoms with van der Waals surface area (Å²) in [4.78, 5) is 15.6. The van der Waals surface area contributed by atoms with E-state index < -0.39 is 5.60 Å². The van der Waals surface area contributed by atoms with Crippen LogP contribution in [0.1, 0.15) is 31.1 Å². The van der Waals surface area contributed by atoms with Crippen LogP contribution in [0.25, 0.3) is 0 Å². The van der Waals surface area contributed by atoms with Crippen LogP contribution in [-0.4, -0.2) is 28.1 Å². The van der Waals surface area contributed by atoms with Gasteiger partial charge in [-0.2, -0.15) is 0 Å². The average Bonchev–Trinajstić information content (AvgIpc) is 2.25. The van der Waals surface area contributed by atoms with Crippen LogP contribution >= 0.6 is 11.6 Å². The summed E-state index contributed by atoms with van der Waals surface area (Å²) in [6.45, 7) is 5.69. The number of carbonyl (C=O) groups excluding carboxylic acids is 1. The van der Waals surface area contributed by atoms with Crippen LogP contribution < -0.4 is 5.32 Å². The second kappa shape index (κ2) is 5.47. The van der Waals surface area contributed by atoms with E-state index in [0.29, 0.717) is 5.56 Å². The van der Waals surface area contributed by atoms with Crippen LogP contribution in [-0.2, 0) is 0 Å². The predicted octanol–water partition coefficient (Wildman–Crippen LogP) is 1.87. The maximum Gasteiger partial charge on any atom is 0.251 e. The number of pyridine rings is 1. The maximum absolute atomic E-state index is 11.8. The number of rotatable bonds is 4. The molecule has 1 heterocycles. The van der Waals surface area contributed by atoms with Gasteiger partial charge in [0.05, 0.1) is 5.60 Å². The fourth-order valence-electron chi connectivity index (χ4n) is 1.11. The van der Waals surface area contributed by atoms with Gasteiger partial charge < -0.3 is 10.4 Å². The Morgan fingerprint density at radius 3 is 2.82 bits per heavy atom. The number of aromatic nitrogens is 1. The molecule has 0 saturated carbocycles. The molecule has 0 aliphatic heterocycles. The zero-order chi connectivity index (χ0) is 13.1. The van der Waals surface area contributed by atoms with Crippen LogP contribution in [0.2, 0.25) is 5.15 Å². The van der Waals surface area contributed by atoms with E-state index in [1.54, 1.807) is 13.0 Å². The van der Waals surface area contributed by atoms with E-state index >= 15 is 0 Å². The highest BCUT2D eigenvalue weighted by molar-refractivity contribution is 6.29. The summed E-state index contributed by atoms with van der Waals surface area (Å²) in [5, 5.41) is 12.9. The first kappa shape index (κ1) is 13.9. The topological polar surface area (TPSA) is 62.2 Å². The fraction of sp³-hybridized carbons (Fsp3) is 0.500. The summed E-state index contributed by atoms with van der Waals surface area (Å²) in [5.41, 5.74) is -0.489. The Balaban J connectivity index is 2.62. The lowest BCUT2D eigenvalue weighted by Crippen LogP contribution is -2.44. The standard InChI is InChI=1S/C12H17ClN2O2/c1-8(2)12(3,17)7-15-11(16)9-4-5-14-10(13)6-9/h4-6,8,17H,7H2,1-3H3,(H,15,16). The molecule has 1 amide bonds. The molecule has 0 aliphatic carbocycles. The number of nitrogens with zero attached hydrogens (tertiary/aromatic N) is 1. The lowest BCUT2D eigenvalue weighted by atomic mass is 9.92. The van der Waals surface area contributed by atoms with Gasteiger partial charge in [0.15, 0.2) is 0 Å². The molecule has 1 rings (SSSR count). The van der Waals surface area contributed by atoms with Gasteiger partial charge in [-0.25, -0.2) is 4.98 Å². The zero-order valence-electron chi connectivity index (χ0n) is 10.2. The first-order chi connectivity index (χ1) is 7.83. The summed E-state index contributed by atoms with van der Waals surface area (Å²) in [5.74, 6) is -0.209. The lowest BCUT2D eigenvalue weighted by Gasteiger charge is -2.27. The molecule has 0 bridgehead atoms. The van der Waals surface area contributed by atoms with Crippen molar-refractivity contribution in [1.29, 1.82) is 0 Å². The molecule has 0 fully saturated rings. The first-order valence-corrected chi connectivity index (χ1v) is 5.83. The van der Waals surface area contributed by atoms with Gasteiger partial charge >= 0.3 is 0 Å². The van der Waals surface area contributed by atoms with Crippen LogP contribution in [0.4, 0.5) is 0 Å². The molecule has 2 N–H and O–H groups in total. The van der Waals surface area contributed by atoms with Crippen molar-refractivity contribution >= 4 is 17.5 Å². The molecule has 1 unspecified atom stereocenters. The number of hydrogen-bond donors (Lipinski definition) is 2. The van der Waals surface area contributed by atoms with Crippen LogP contribution in [0.5, 0.6) is 0 Å². The molecule has 1 aromatic rings. The van der Waals surface area contributed by atoms with E-state index in [2.05, 4.69) is 10.3 Å². The van der Waals surface area contributed by atoms with E-state index in [0.717, 1.165) is 0 Å². The molecule has 0 aliphatic rings. The lowest BCUT2D eigenvalue weighted by molar-refractivity contribution is 0.0142. The fourth-order valence-corrected chi connectivity index (χ4v) is 1.28. The molecule has 0 saturated heterocycles. The second-order valence-corrected chi connectivity index (χ2v) is 4.95. The molecule has 5 heteroatoms. The highest BCUT2D eigenvalue weighted by atomic mass is 35.5. The number of hydrogen-bond acceptors (Lipinski definition) is 3. The third-order valence-electron chi connectivity index (χ3n) is 2.84. The Hall–Kier alpha value is -1.13. The Bertz CT molecular complexity index is 405. The summed E-state index contributed by atoms with van der Waals surface area (Å²) in [6.07, 6.45) is 1.47. The smallest absolute Gasteiger partial charge is 0.251 e. The number of carbonyl (C=O) groups is 1. The van der Waals surface area contributed by atoms with E-state index in [1.807, 2.05) is 13.8 Å². The minimum absolute atomic E-state index is 0.0591. The van der Waals surface area contributed by atoms with Crippen molar-refractivity contribution in [2.45, 2.75) is 26.4 Å².